The molecule has 2 amide bonds. The summed E-state index contributed by atoms with van der Waals surface area (Å²) in [5, 5.41) is 2.22. The number of hydrogen-bond donors (Lipinski definition) is 1. The van der Waals surface area contributed by atoms with Gasteiger partial charge < -0.3 is 19.7 Å². The molecule has 0 spiro atoms. The molecule has 3 rings (SSSR count). The van der Waals surface area contributed by atoms with E-state index in [1.165, 1.54) is 0 Å². The molecule has 34 heavy (non-hydrogen) atoms. The van der Waals surface area contributed by atoms with Crippen LogP contribution in [0.25, 0.3) is 0 Å². The van der Waals surface area contributed by atoms with Crippen LogP contribution in [0.15, 0.2) is 30.3 Å². The molecule has 0 aromatic heterocycles. The molecular weight excluding hydrogens is 456 g/mol. The number of hydrogen-bond acceptors (Lipinski definition) is 6. The second-order valence-corrected chi connectivity index (χ2v) is 12.5. The first kappa shape index (κ1) is 26.5. The lowest BCUT2D eigenvalue weighted by atomic mass is 9.83. The Hall–Kier alpha value is -2.13. The van der Waals surface area contributed by atoms with Gasteiger partial charge in [-0.3, -0.25) is 4.79 Å². The van der Waals surface area contributed by atoms with Gasteiger partial charge in [0.25, 0.3) is 0 Å². The predicted octanol–water partition coefficient (Wildman–Crippen LogP) is 3.30. The van der Waals surface area contributed by atoms with E-state index in [1.54, 1.807) is 18.7 Å². The lowest BCUT2D eigenvalue weighted by Crippen LogP contribution is -2.51. The van der Waals surface area contributed by atoms with Crippen LogP contribution >= 0.6 is 0 Å². The van der Waals surface area contributed by atoms with Crippen molar-refractivity contribution in [3.05, 3.63) is 35.9 Å². The number of carbonyl (C=O) groups is 2. The average Bonchev–Trinajstić information content (AvgIpc) is 3.12. The molecule has 1 aromatic carbocycles. The molecular formula is C25H38N2O6S. The van der Waals surface area contributed by atoms with Gasteiger partial charge in [0.2, 0.25) is 5.91 Å². The van der Waals surface area contributed by atoms with Crippen molar-refractivity contribution in [3.63, 3.8) is 0 Å². The lowest BCUT2D eigenvalue weighted by molar-refractivity contribution is -0.134. The monoisotopic (exact) mass is 494 g/mol. The summed E-state index contributed by atoms with van der Waals surface area (Å²) >= 11 is 0. The molecule has 2 fully saturated rings. The third kappa shape index (κ3) is 6.95. The van der Waals surface area contributed by atoms with Crippen LogP contribution in [0.1, 0.15) is 58.9 Å². The summed E-state index contributed by atoms with van der Waals surface area (Å²) < 4.78 is 36.8. The number of rotatable bonds is 9. The number of alkyl carbamates (subject to hydrolysis) is 1. The van der Waals surface area contributed by atoms with Crippen molar-refractivity contribution in [1.82, 2.24) is 10.2 Å². The second-order valence-electron chi connectivity index (χ2n) is 9.90. The smallest absolute Gasteiger partial charge is 0.408 e. The van der Waals surface area contributed by atoms with Gasteiger partial charge >= 0.3 is 6.09 Å². The summed E-state index contributed by atoms with van der Waals surface area (Å²) in [7, 11) is -3.28. The molecule has 4 atom stereocenters. The van der Waals surface area contributed by atoms with Crippen molar-refractivity contribution in [3.8, 4) is 0 Å². The highest BCUT2D eigenvalue weighted by Crippen LogP contribution is 2.34. The minimum atomic E-state index is -3.28. The van der Waals surface area contributed by atoms with Gasteiger partial charge in [-0.1, -0.05) is 30.3 Å². The number of likely N-dealkylation sites (tertiary alicyclic amines) is 1. The molecule has 1 saturated carbocycles. The molecule has 8 nitrogen and oxygen atoms in total. The number of nitrogens with zero attached hydrogens (tertiary/aromatic N) is 1. The van der Waals surface area contributed by atoms with Crippen LogP contribution in [0.3, 0.4) is 0 Å². The van der Waals surface area contributed by atoms with Gasteiger partial charge in [-0.05, 0) is 64.9 Å². The van der Waals surface area contributed by atoms with Gasteiger partial charge in [0.1, 0.15) is 12.6 Å². The van der Waals surface area contributed by atoms with Gasteiger partial charge in [0.05, 0.1) is 23.2 Å². The van der Waals surface area contributed by atoms with Gasteiger partial charge in [-0.2, -0.15) is 0 Å². The minimum Gasteiger partial charge on any atom is -0.445 e. The zero-order valence-corrected chi connectivity index (χ0v) is 21.4. The largest absolute Gasteiger partial charge is 0.445 e. The Morgan fingerprint density at radius 2 is 1.82 bits per heavy atom. The Balaban J connectivity index is 1.63. The summed E-state index contributed by atoms with van der Waals surface area (Å²) in [6.45, 7) is 7.95. The fourth-order valence-electron chi connectivity index (χ4n) is 4.87. The fraction of sp³-hybridized carbons (Fsp3) is 0.680. The van der Waals surface area contributed by atoms with Gasteiger partial charge in [0, 0.05) is 12.6 Å². The SMILES string of the molecule is CC(C)O[C@@H]1CC[C@H](N2CC[C@H](NC(=O)OCc3ccccc3)C2=O)[C@H](CS(=O)(=O)C(C)C)C1. The zero-order chi connectivity index (χ0) is 24.9. The summed E-state index contributed by atoms with van der Waals surface area (Å²) in [6, 6.07) is 8.51. The second kappa shape index (κ2) is 11.5. The summed E-state index contributed by atoms with van der Waals surface area (Å²) in [5.41, 5.74) is 0.867. The molecule has 9 heteroatoms. The van der Waals surface area contributed by atoms with Crippen molar-refractivity contribution < 1.29 is 27.5 Å². The summed E-state index contributed by atoms with van der Waals surface area (Å²) in [6.07, 6.45) is 1.98. The highest BCUT2D eigenvalue weighted by molar-refractivity contribution is 7.91. The highest BCUT2D eigenvalue weighted by atomic mass is 32.2. The summed E-state index contributed by atoms with van der Waals surface area (Å²) in [5.74, 6) is -0.330. The Labute approximate surface area is 203 Å². The van der Waals surface area contributed by atoms with Crippen LogP contribution in [-0.4, -0.2) is 67.2 Å². The molecule has 0 bridgehead atoms. The van der Waals surface area contributed by atoms with Crippen molar-refractivity contribution in [2.45, 2.75) is 89.5 Å². The van der Waals surface area contributed by atoms with E-state index in [1.807, 2.05) is 44.2 Å². The van der Waals surface area contributed by atoms with E-state index in [-0.39, 0.29) is 42.4 Å². The van der Waals surface area contributed by atoms with E-state index in [9.17, 15) is 18.0 Å². The third-order valence-corrected chi connectivity index (χ3v) is 9.00. The Bertz CT molecular complexity index is 934. The van der Waals surface area contributed by atoms with Crippen molar-refractivity contribution in [2.24, 2.45) is 5.92 Å². The molecule has 0 radical (unpaired) electrons. The first-order valence-corrected chi connectivity index (χ1v) is 13.9. The van der Waals surface area contributed by atoms with Crippen molar-refractivity contribution >= 4 is 21.8 Å². The fourth-order valence-corrected chi connectivity index (χ4v) is 6.21. The first-order chi connectivity index (χ1) is 16.1. The van der Waals surface area contributed by atoms with Crippen LogP contribution < -0.4 is 5.32 Å². The average molecular weight is 495 g/mol. The number of carbonyl (C=O) groups excluding carboxylic acids is 2. The Morgan fingerprint density at radius 3 is 2.47 bits per heavy atom. The first-order valence-electron chi connectivity index (χ1n) is 12.2. The van der Waals surface area contributed by atoms with Crippen molar-refractivity contribution in [2.75, 3.05) is 12.3 Å². The van der Waals surface area contributed by atoms with Gasteiger partial charge in [-0.25, -0.2) is 13.2 Å². The number of amides is 2. The lowest BCUT2D eigenvalue weighted by Gasteiger charge is -2.41. The molecule has 1 heterocycles. The van der Waals surface area contributed by atoms with Crippen LogP contribution in [0.4, 0.5) is 4.79 Å². The Kier molecular flexibility index (Phi) is 8.98. The predicted molar refractivity (Wildman–Crippen MR) is 130 cm³/mol. The molecule has 1 saturated heterocycles. The molecule has 190 valence electrons. The maximum Gasteiger partial charge on any atom is 0.408 e. The van der Waals surface area contributed by atoms with Gasteiger partial charge in [-0.15, -0.1) is 0 Å². The quantitative estimate of drug-likeness (QED) is 0.565. The van der Waals surface area contributed by atoms with Crippen LogP contribution in [0, 0.1) is 5.92 Å². The third-order valence-electron chi connectivity index (χ3n) is 6.67. The normalized spacial score (nSPS) is 25.7. The molecule has 1 aliphatic carbocycles. The topological polar surface area (TPSA) is 102 Å². The van der Waals surface area contributed by atoms with E-state index in [4.69, 9.17) is 9.47 Å². The van der Waals surface area contributed by atoms with E-state index >= 15 is 0 Å². The van der Waals surface area contributed by atoms with E-state index in [0.29, 0.717) is 25.8 Å². The van der Waals surface area contributed by atoms with Crippen molar-refractivity contribution in [1.29, 1.82) is 0 Å². The number of sulfone groups is 1. The maximum atomic E-state index is 13.2. The number of nitrogens with one attached hydrogen (secondary N) is 1. The highest BCUT2D eigenvalue weighted by Gasteiger charge is 2.44. The van der Waals surface area contributed by atoms with Crippen LogP contribution in [-0.2, 0) is 30.7 Å². The summed E-state index contributed by atoms with van der Waals surface area (Å²) in [4.78, 5) is 27.2. The zero-order valence-electron chi connectivity index (χ0n) is 20.6. The molecule has 1 aromatic rings. The maximum absolute atomic E-state index is 13.2. The molecule has 1 aliphatic heterocycles. The minimum absolute atomic E-state index is 0.0109. The Morgan fingerprint density at radius 1 is 1.12 bits per heavy atom. The molecule has 0 unspecified atom stereocenters. The standard InChI is InChI=1S/C25H38N2O6S/c1-17(2)33-21-10-11-23(20(14-21)16-34(30,31)18(3)4)27-13-12-22(24(27)28)26-25(29)32-15-19-8-6-5-7-9-19/h5-9,17-18,20-23H,10-16H2,1-4H3,(H,26,29)/t20-,21+,22-,23-/m0/s1. The molecule has 2 aliphatic rings. The van der Waals surface area contributed by atoms with E-state index in [2.05, 4.69) is 5.32 Å². The van der Waals surface area contributed by atoms with Gasteiger partial charge in [0.15, 0.2) is 9.84 Å². The number of benzene rings is 1. The van der Waals surface area contributed by atoms with Crippen LogP contribution in [0.2, 0.25) is 0 Å². The number of ether oxygens (including phenoxy) is 2. The van der Waals surface area contributed by atoms with E-state index in [0.717, 1.165) is 12.0 Å². The van der Waals surface area contributed by atoms with E-state index < -0.39 is 27.2 Å². The molecule has 1 N–H and O–H groups in total. The van der Waals surface area contributed by atoms with Crippen LogP contribution in [0.5, 0.6) is 0 Å².